The minimum absolute atomic E-state index is 0.0127. The smallest absolute Gasteiger partial charge is 0.305 e. The highest BCUT2D eigenvalue weighted by molar-refractivity contribution is 8.76. The number of carbonyl (C=O) groups excluding carboxylic acids is 10. The Labute approximate surface area is 452 Å². The van der Waals surface area contributed by atoms with Gasteiger partial charge in [0, 0.05) is 44.5 Å². The number of nitrogens with one attached hydrogen (secondary N) is 8. The van der Waals surface area contributed by atoms with Gasteiger partial charge in [0.25, 0.3) is 0 Å². The summed E-state index contributed by atoms with van der Waals surface area (Å²) in [5.74, 6) is -11.7. The van der Waals surface area contributed by atoms with Crippen molar-refractivity contribution >= 4 is 98.5 Å². The molecule has 2 fully saturated rings. The Morgan fingerprint density at radius 3 is 1.87 bits per heavy atom. The van der Waals surface area contributed by atoms with E-state index in [1.807, 2.05) is 0 Å². The standard InChI is InChI=1S/C46H72N16O13S2/c1-4-23(2)36-44(75)62-17-7-10-33(62)43(74)58-27(8-5-15-52-45(48)49)38(69)54-20-34(65)56-30(19-35(66)67)41(72)59-29(18-25-11-13-26(64)14-12-25)40(71)57-28(9-6-16-53-46(50)51)39(70)60-31(37(47)68)21-76-77-22-32(42(73)61-36)55-24(3)63/h11-14,23,27-33,36,64H,4-10,15-22H2,1-3H3,(H2,47,68)(H,54,69)(H,55,63)(H,56,65)(H,57,71)(H,58,74)(H,59,72)(H,60,70)(H,61,73)(H,66,67)(H4,48,49,52)(H4,50,51,53)/t23-,27+,28+,29-,30+,31+,32+,33-,36+/m0/s1. The van der Waals surface area contributed by atoms with Crippen LogP contribution in [0.1, 0.15) is 77.7 Å². The Morgan fingerprint density at radius 2 is 1.30 bits per heavy atom. The number of carboxylic acids is 1. The first-order chi connectivity index (χ1) is 36.4. The predicted molar refractivity (Wildman–Crippen MR) is 284 cm³/mol. The number of guanidine groups is 2. The van der Waals surface area contributed by atoms with Crippen LogP contribution in [0.5, 0.6) is 5.75 Å². The van der Waals surface area contributed by atoms with E-state index in [4.69, 9.17) is 28.7 Å². The quantitative estimate of drug-likeness (QED) is 0.0319. The molecule has 20 N–H and O–H groups in total. The maximum Gasteiger partial charge on any atom is 0.305 e. The topological polar surface area (TPSA) is 483 Å². The van der Waals surface area contributed by atoms with Crippen molar-refractivity contribution < 1.29 is 63.0 Å². The number of phenols is 1. The molecule has 0 radical (unpaired) electrons. The van der Waals surface area contributed by atoms with Crippen molar-refractivity contribution in [2.24, 2.45) is 44.6 Å². The van der Waals surface area contributed by atoms with Gasteiger partial charge in [-0.15, -0.1) is 0 Å². The lowest BCUT2D eigenvalue weighted by Gasteiger charge is -2.32. The largest absolute Gasteiger partial charge is 0.508 e. The molecule has 0 aromatic heterocycles. The van der Waals surface area contributed by atoms with Gasteiger partial charge in [0.05, 0.1) is 13.0 Å². The highest BCUT2D eigenvalue weighted by atomic mass is 33.1. The lowest BCUT2D eigenvalue weighted by atomic mass is 9.97. The zero-order valence-electron chi connectivity index (χ0n) is 43.0. The van der Waals surface area contributed by atoms with Crippen LogP contribution in [0.2, 0.25) is 0 Å². The number of amides is 10. The summed E-state index contributed by atoms with van der Waals surface area (Å²) < 4.78 is 0. The van der Waals surface area contributed by atoms with E-state index in [1.165, 1.54) is 36.1 Å². The third kappa shape index (κ3) is 22.3. The molecule has 2 heterocycles. The Bertz CT molecular complexity index is 2340. The molecule has 0 unspecified atom stereocenters. The molecule has 1 aromatic rings. The molecule has 0 spiro atoms. The van der Waals surface area contributed by atoms with Crippen LogP contribution < -0.4 is 71.2 Å². The zero-order valence-corrected chi connectivity index (χ0v) is 44.7. The van der Waals surface area contributed by atoms with Crippen molar-refractivity contribution in [3.8, 4) is 5.75 Å². The first-order valence-electron chi connectivity index (χ1n) is 24.7. The van der Waals surface area contributed by atoms with E-state index in [0.29, 0.717) is 18.4 Å². The number of fused-ring (bicyclic) bond motifs is 1. The summed E-state index contributed by atoms with van der Waals surface area (Å²) in [7, 11) is 2.01. The van der Waals surface area contributed by atoms with Gasteiger partial charge in [0.1, 0.15) is 54.1 Å². The molecular formula is C46H72N16O13S2. The highest BCUT2D eigenvalue weighted by Crippen LogP contribution is 2.25. The second-order valence-corrected chi connectivity index (χ2v) is 20.8. The van der Waals surface area contributed by atoms with Crippen molar-refractivity contribution in [2.75, 3.05) is 37.7 Å². The number of hydrogen-bond acceptors (Lipinski definition) is 16. The molecule has 31 heteroatoms. The lowest BCUT2D eigenvalue weighted by molar-refractivity contribution is -0.143. The molecule has 77 heavy (non-hydrogen) atoms. The van der Waals surface area contributed by atoms with E-state index < -0.39 is 132 Å². The fourth-order valence-electron chi connectivity index (χ4n) is 7.90. The van der Waals surface area contributed by atoms with Gasteiger partial charge in [-0.2, -0.15) is 0 Å². The molecule has 29 nitrogen and oxygen atoms in total. The zero-order chi connectivity index (χ0) is 57.4. The molecule has 9 atom stereocenters. The van der Waals surface area contributed by atoms with E-state index in [9.17, 15) is 63.0 Å². The number of carbonyl (C=O) groups is 11. The minimum Gasteiger partial charge on any atom is -0.508 e. The van der Waals surface area contributed by atoms with E-state index in [2.05, 4.69) is 52.5 Å². The SMILES string of the molecule is CC[C@H](C)[C@H]1NC(=O)[C@H](NC(C)=O)CSSC[C@H](C(N)=O)NC(=O)[C@@H](CCCN=C(N)N)NC(=O)[C@H](Cc2ccc(O)cc2)NC(=O)[C@@H](CC(=O)O)NC(=O)CNC(=O)[C@@H](CCCN=C(N)N)NC(=O)[C@@H]2CCCN2C1=O. The van der Waals surface area contributed by atoms with Gasteiger partial charge in [0.15, 0.2) is 11.9 Å². The average Bonchev–Trinajstić information content (AvgIpc) is 3.86. The third-order valence-electron chi connectivity index (χ3n) is 12.1. The summed E-state index contributed by atoms with van der Waals surface area (Å²) in [4.78, 5) is 158. The molecule has 0 aliphatic carbocycles. The van der Waals surface area contributed by atoms with Crippen molar-refractivity contribution in [3.63, 3.8) is 0 Å². The molecule has 2 aliphatic heterocycles. The second-order valence-electron chi connectivity index (χ2n) is 18.2. The maximum absolute atomic E-state index is 14.4. The number of aromatic hydroxyl groups is 1. The van der Waals surface area contributed by atoms with Crippen LogP contribution in [0.3, 0.4) is 0 Å². The first-order valence-corrected chi connectivity index (χ1v) is 27.2. The van der Waals surface area contributed by atoms with Crippen LogP contribution in [0.15, 0.2) is 34.3 Å². The number of primary amides is 1. The van der Waals surface area contributed by atoms with Gasteiger partial charge in [-0.1, -0.05) is 54.0 Å². The minimum atomic E-state index is -1.87. The van der Waals surface area contributed by atoms with Crippen LogP contribution in [-0.4, -0.2) is 178 Å². The van der Waals surface area contributed by atoms with Crippen molar-refractivity contribution in [2.45, 2.75) is 127 Å². The summed E-state index contributed by atoms with van der Waals surface area (Å²) in [6.45, 7) is 3.95. The van der Waals surface area contributed by atoms with E-state index >= 15 is 0 Å². The summed E-state index contributed by atoms with van der Waals surface area (Å²) in [6, 6.07) is -5.79. The summed E-state index contributed by atoms with van der Waals surface area (Å²) in [5.41, 5.74) is 28.0. The van der Waals surface area contributed by atoms with Crippen LogP contribution in [-0.2, 0) is 59.2 Å². The third-order valence-corrected chi connectivity index (χ3v) is 14.6. The number of benzene rings is 1. The van der Waals surface area contributed by atoms with E-state index in [-0.39, 0.29) is 87.3 Å². The predicted octanol–water partition coefficient (Wildman–Crippen LogP) is -5.04. The van der Waals surface area contributed by atoms with Crippen LogP contribution in [0.4, 0.5) is 0 Å². The van der Waals surface area contributed by atoms with Crippen molar-refractivity contribution in [1.29, 1.82) is 0 Å². The number of aliphatic imine (C=N–C) groups is 2. The summed E-state index contributed by atoms with van der Waals surface area (Å²) in [5, 5.41) is 39.8. The molecular weight excluding hydrogens is 1050 g/mol. The van der Waals surface area contributed by atoms with Gasteiger partial charge in [0.2, 0.25) is 59.1 Å². The summed E-state index contributed by atoms with van der Waals surface area (Å²) >= 11 is 0. The molecule has 0 saturated carbocycles. The maximum atomic E-state index is 14.4. The van der Waals surface area contributed by atoms with Gasteiger partial charge in [-0.05, 0) is 62.1 Å². The molecule has 426 valence electrons. The Morgan fingerprint density at radius 1 is 0.740 bits per heavy atom. The van der Waals surface area contributed by atoms with E-state index in [1.54, 1.807) is 13.8 Å². The monoisotopic (exact) mass is 1120 g/mol. The van der Waals surface area contributed by atoms with Crippen LogP contribution in [0, 0.1) is 5.92 Å². The van der Waals surface area contributed by atoms with Crippen LogP contribution >= 0.6 is 21.6 Å². The second kappa shape index (κ2) is 32.1. The first kappa shape index (κ1) is 63.7. The normalized spacial score (nSPS) is 24.4. The van der Waals surface area contributed by atoms with Crippen molar-refractivity contribution in [3.05, 3.63) is 29.8 Å². The van der Waals surface area contributed by atoms with Gasteiger partial charge < -0.3 is 86.3 Å². The molecule has 2 aliphatic rings. The lowest BCUT2D eigenvalue weighted by Crippen LogP contribution is -2.60. The molecule has 1 aromatic carbocycles. The molecule has 3 rings (SSSR count). The van der Waals surface area contributed by atoms with Gasteiger partial charge in [-0.25, -0.2) is 0 Å². The average molecular weight is 1120 g/mol. The molecule has 10 amide bonds. The number of carboxylic acid groups (broad SMARTS) is 1. The summed E-state index contributed by atoms with van der Waals surface area (Å²) in [6.07, 6.45) is -0.420. The van der Waals surface area contributed by atoms with Crippen LogP contribution in [0.25, 0.3) is 0 Å². The Balaban J connectivity index is 2.12. The number of phenolic OH excluding ortho intramolecular Hbond substituents is 1. The number of nitrogens with zero attached hydrogens (tertiary/aromatic N) is 3. The molecule has 0 bridgehead atoms. The van der Waals surface area contributed by atoms with Gasteiger partial charge >= 0.3 is 5.97 Å². The molecule has 2 saturated heterocycles. The number of nitrogens with two attached hydrogens (primary N) is 5. The number of aliphatic carboxylic acids is 1. The van der Waals surface area contributed by atoms with Gasteiger partial charge in [-0.3, -0.25) is 62.7 Å². The highest BCUT2D eigenvalue weighted by Gasteiger charge is 2.41. The fourth-order valence-corrected chi connectivity index (χ4v) is 10.2. The Hall–Kier alpha value is -7.57. The fraction of sp³-hybridized carbons (Fsp3) is 0.587. The number of hydrogen-bond donors (Lipinski definition) is 15. The Kier molecular flexibility index (Phi) is 26.6. The number of rotatable bonds is 16. The van der Waals surface area contributed by atoms with Crippen molar-refractivity contribution in [1.82, 2.24) is 47.4 Å². The van der Waals surface area contributed by atoms with E-state index in [0.717, 1.165) is 21.6 Å².